The summed E-state index contributed by atoms with van der Waals surface area (Å²) in [4.78, 5) is 8.13. The lowest BCUT2D eigenvalue weighted by molar-refractivity contribution is 0.195. The second-order valence-electron chi connectivity index (χ2n) is 23.7. The zero-order valence-corrected chi connectivity index (χ0v) is 44.1. The van der Waals surface area contributed by atoms with E-state index in [2.05, 4.69) is 229 Å². The predicted molar refractivity (Wildman–Crippen MR) is 311 cm³/mol. The van der Waals surface area contributed by atoms with Gasteiger partial charge in [0.25, 0.3) is 6.71 Å². The van der Waals surface area contributed by atoms with Crippen LogP contribution in [0.1, 0.15) is 103 Å². The molecule has 1 aliphatic carbocycles. The third-order valence-corrected chi connectivity index (χ3v) is 19.9. The molecular formula is C65H60BN3S2. The quantitative estimate of drug-likeness (QED) is 0.163. The minimum atomic E-state index is -0.0859. The van der Waals surface area contributed by atoms with Crippen LogP contribution >= 0.6 is 22.7 Å². The maximum absolute atomic E-state index is 2.80. The van der Waals surface area contributed by atoms with Crippen LogP contribution in [0.4, 0.5) is 45.5 Å². The number of thiophene rings is 2. The van der Waals surface area contributed by atoms with Crippen molar-refractivity contribution in [1.82, 2.24) is 0 Å². The Bertz CT molecular complexity index is 3900. The maximum atomic E-state index is 2.80. The normalized spacial score (nSPS) is 19.4. The van der Waals surface area contributed by atoms with Gasteiger partial charge in [0, 0.05) is 75.2 Å². The summed E-state index contributed by atoms with van der Waals surface area (Å²) in [6, 6.07) is 59.5. The summed E-state index contributed by atoms with van der Waals surface area (Å²) in [6.45, 7) is 21.7. The van der Waals surface area contributed by atoms with E-state index in [4.69, 9.17) is 0 Å². The average Bonchev–Trinajstić information content (AvgIpc) is 3.99. The van der Waals surface area contributed by atoms with Gasteiger partial charge in [-0.05, 0) is 143 Å². The highest BCUT2D eigenvalue weighted by Crippen LogP contribution is 2.62. The van der Waals surface area contributed by atoms with Gasteiger partial charge in [0.1, 0.15) is 0 Å². The van der Waals surface area contributed by atoms with Crippen LogP contribution in [0, 0.1) is 6.92 Å². The number of nitrogens with zero attached hydrogens (tertiary/aromatic N) is 3. The average molecular weight is 958 g/mol. The van der Waals surface area contributed by atoms with Crippen molar-refractivity contribution in [2.24, 2.45) is 0 Å². The van der Waals surface area contributed by atoms with Crippen LogP contribution in [0.5, 0.6) is 0 Å². The van der Waals surface area contributed by atoms with Crippen molar-refractivity contribution >= 4 is 132 Å². The van der Waals surface area contributed by atoms with E-state index in [1.807, 2.05) is 22.7 Å². The van der Waals surface area contributed by atoms with Crippen LogP contribution in [0.2, 0.25) is 0 Å². The van der Waals surface area contributed by atoms with Gasteiger partial charge in [-0.25, -0.2) is 0 Å². The molecule has 0 bridgehead atoms. The third-order valence-electron chi connectivity index (χ3n) is 17.5. The van der Waals surface area contributed by atoms with Gasteiger partial charge in [-0.1, -0.05) is 146 Å². The Balaban J connectivity index is 1.08. The summed E-state index contributed by atoms with van der Waals surface area (Å²) in [5.74, 6) is 0. The summed E-state index contributed by atoms with van der Waals surface area (Å²) in [6.07, 6.45) is 4.86. The maximum Gasteiger partial charge on any atom is 0.252 e. The Morgan fingerprint density at radius 3 is 1.87 bits per heavy atom. The van der Waals surface area contributed by atoms with Gasteiger partial charge >= 0.3 is 0 Å². The van der Waals surface area contributed by atoms with Crippen LogP contribution in [0.3, 0.4) is 0 Å². The molecule has 0 spiro atoms. The number of hydrogen-bond acceptors (Lipinski definition) is 5. The largest absolute Gasteiger partial charge is 0.334 e. The second kappa shape index (κ2) is 14.9. The topological polar surface area (TPSA) is 9.72 Å². The van der Waals surface area contributed by atoms with E-state index in [-0.39, 0.29) is 28.5 Å². The van der Waals surface area contributed by atoms with Crippen molar-refractivity contribution in [2.45, 2.75) is 110 Å². The predicted octanol–water partition coefficient (Wildman–Crippen LogP) is 17.2. The molecule has 8 aromatic carbocycles. The minimum Gasteiger partial charge on any atom is -0.334 e. The van der Waals surface area contributed by atoms with Crippen LogP contribution in [-0.2, 0) is 16.2 Å². The highest BCUT2D eigenvalue weighted by atomic mass is 32.1. The van der Waals surface area contributed by atoms with Gasteiger partial charge < -0.3 is 14.7 Å². The van der Waals surface area contributed by atoms with Crippen molar-refractivity contribution in [1.29, 1.82) is 0 Å². The Kier molecular flexibility index (Phi) is 9.10. The van der Waals surface area contributed by atoms with Gasteiger partial charge in [-0.2, -0.15) is 0 Å². The van der Waals surface area contributed by atoms with E-state index in [0.717, 1.165) is 6.42 Å². The van der Waals surface area contributed by atoms with E-state index in [9.17, 15) is 0 Å². The summed E-state index contributed by atoms with van der Waals surface area (Å²) >= 11 is 3.83. The monoisotopic (exact) mass is 957 g/mol. The van der Waals surface area contributed by atoms with Crippen molar-refractivity contribution in [3.8, 4) is 0 Å². The summed E-state index contributed by atoms with van der Waals surface area (Å²) in [7, 11) is 0. The lowest BCUT2D eigenvalue weighted by atomic mass is 9.33. The molecule has 0 radical (unpaired) electrons. The number of anilines is 8. The molecule has 3 aliphatic heterocycles. The van der Waals surface area contributed by atoms with Gasteiger partial charge in [-0.3, -0.25) is 0 Å². The van der Waals surface area contributed by atoms with E-state index in [0.29, 0.717) is 0 Å². The first-order valence-corrected chi connectivity index (χ1v) is 27.5. The highest BCUT2D eigenvalue weighted by Gasteiger charge is 2.58. The molecule has 0 saturated heterocycles. The van der Waals surface area contributed by atoms with Crippen molar-refractivity contribution in [3.63, 3.8) is 0 Å². The summed E-state index contributed by atoms with van der Waals surface area (Å²) in [5, 5.41) is 5.28. The first kappa shape index (κ1) is 43.5. The molecule has 71 heavy (non-hydrogen) atoms. The molecule has 1 unspecified atom stereocenters. The van der Waals surface area contributed by atoms with E-state index in [1.165, 1.54) is 144 Å². The Labute approximate surface area is 427 Å². The zero-order chi connectivity index (χ0) is 48.5. The third kappa shape index (κ3) is 6.01. The molecule has 1 fully saturated rings. The number of hydrogen-bond donors (Lipinski definition) is 0. The lowest BCUT2D eigenvalue weighted by Gasteiger charge is -2.50. The molecule has 1 saturated carbocycles. The van der Waals surface area contributed by atoms with Crippen molar-refractivity contribution in [2.75, 3.05) is 14.7 Å². The number of aryl methyl sites for hydroxylation is 1. The molecule has 6 heteroatoms. The Morgan fingerprint density at radius 2 is 1.11 bits per heavy atom. The molecule has 4 aliphatic rings. The Hall–Kier alpha value is -6.34. The SMILES string of the molecule is Cc1cc2c3c(c1)N(c1cccc4sc5ccccc5c14)c1ccc(C(C)(C)C)cc1B3c1ccc(N3c4ccc(C(C)(C)C)cc4C4(C)CCCC[C@@]34C)cc1N2c1cccc2c1sc1ccccc12. The highest BCUT2D eigenvalue weighted by molar-refractivity contribution is 7.26. The van der Waals surface area contributed by atoms with Crippen LogP contribution < -0.4 is 31.1 Å². The number of rotatable bonds is 3. The zero-order valence-electron chi connectivity index (χ0n) is 42.5. The molecule has 14 rings (SSSR count). The van der Waals surface area contributed by atoms with Crippen LogP contribution in [0.25, 0.3) is 40.3 Å². The molecule has 10 aromatic rings. The number of fused-ring (bicyclic) bond motifs is 13. The number of benzene rings is 8. The van der Waals surface area contributed by atoms with Crippen LogP contribution in [-0.4, -0.2) is 12.3 Å². The van der Waals surface area contributed by atoms with E-state index < -0.39 is 0 Å². The fourth-order valence-electron chi connectivity index (χ4n) is 13.7. The summed E-state index contributed by atoms with van der Waals surface area (Å²) in [5.41, 5.74) is 19.8. The molecule has 0 N–H and O–H groups in total. The molecule has 0 amide bonds. The minimum absolute atomic E-state index is 0.00484. The van der Waals surface area contributed by atoms with Crippen molar-refractivity contribution < 1.29 is 0 Å². The smallest absolute Gasteiger partial charge is 0.252 e. The molecule has 350 valence electrons. The first-order valence-electron chi connectivity index (χ1n) is 25.9. The molecule has 2 aromatic heterocycles. The van der Waals surface area contributed by atoms with Gasteiger partial charge in [0.2, 0.25) is 0 Å². The lowest BCUT2D eigenvalue weighted by Crippen LogP contribution is -2.61. The fraction of sp³-hybridized carbons (Fsp3) is 0.262. The second-order valence-corrected chi connectivity index (χ2v) is 25.9. The van der Waals surface area contributed by atoms with Gasteiger partial charge in [0.05, 0.1) is 21.6 Å². The molecule has 3 nitrogen and oxygen atoms in total. The van der Waals surface area contributed by atoms with E-state index >= 15 is 0 Å². The standard InChI is InChI=1S/C65H60BN3S2/c1-39-34-54-60-55(35-39)68(52-22-16-20-44-43-18-10-12-23-56(43)71-61(44)52)53-38-42(69-49-30-26-40(62(2,3)4)36-46(49)64(8)32-14-15-33-65(64,69)9)28-29-47(53)66(60)48-37-41(63(5,6)7)27-31-50(48)67(54)51-21-17-25-58-59(51)45-19-11-13-24-57(45)70-58/h10-13,16-31,34-38H,14-15,32-33H2,1-9H3/t64?,65-/m1/s1. The fourth-order valence-corrected chi connectivity index (χ4v) is 16.0. The van der Waals surface area contributed by atoms with Gasteiger partial charge in [0.15, 0.2) is 0 Å². The molecule has 5 heterocycles. The first-order chi connectivity index (χ1) is 34.1. The Morgan fingerprint density at radius 1 is 0.493 bits per heavy atom. The van der Waals surface area contributed by atoms with Gasteiger partial charge in [-0.15, -0.1) is 22.7 Å². The summed E-state index contributed by atoms with van der Waals surface area (Å²) < 4.78 is 5.29. The van der Waals surface area contributed by atoms with Crippen LogP contribution in [0.15, 0.2) is 152 Å². The van der Waals surface area contributed by atoms with E-state index in [1.54, 1.807) is 0 Å². The molecular weight excluding hydrogens is 898 g/mol. The molecule has 2 atom stereocenters. The van der Waals surface area contributed by atoms with Crippen molar-refractivity contribution in [3.05, 3.63) is 174 Å².